The molecule has 0 amide bonds. The maximum atomic E-state index is 4.07. The van der Waals surface area contributed by atoms with Crippen LogP contribution in [0.25, 0.3) is 0 Å². The second kappa shape index (κ2) is 6.30. The highest BCUT2D eigenvalue weighted by Gasteiger charge is 2.33. The molecule has 1 saturated heterocycles. The molecule has 1 atom stereocenters. The SMILES string of the molecule is CCCC1(CN(C)Cc2ccncc2)CCNC1. The molecule has 1 unspecified atom stereocenters. The van der Waals surface area contributed by atoms with E-state index in [9.17, 15) is 0 Å². The predicted octanol–water partition coefficient (Wildman–Crippen LogP) is 2.29. The van der Waals surface area contributed by atoms with Gasteiger partial charge in [0.25, 0.3) is 0 Å². The number of rotatable bonds is 6. The van der Waals surface area contributed by atoms with Crippen molar-refractivity contribution in [2.24, 2.45) is 5.41 Å². The minimum Gasteiger partial charge on any atom is -0.316 e. The molecule has 1 aromatic rings. The van der Waals surface area contributed by atoms with Gasteiger partial charge in [0.05, 0.1) is 0 Å². The summed E-state index contributed by atoms with van der Waals surface area (Å²) in [6, 6.07) is 4.21. The fraction of sp³-hybridized carbons (Fsp3) is 0.667. The summed E-state index contributed by atoms with van der Waals surface area (Å²) in [7, 11) is 2.23. The highest BCUT2D eigenvalue weighted by molar-refractivity contribution is 5.09. The zero-order valence-corrected chi connectivity index (χ0v) is 11.7. The average Bonchev–Trinajstić information content (AvgIpc) is 2.79. The molecule has 1 fully saturated rings. The molecule has 0 aromatic carbocycles. The van der Waals surface area contributed by atoms with Gasteiger partial charge in [-0.1, -0.05) is 13.3 Å². The third kappa shape index (κ3) is 3.53. The fourth-order valence-electron chi connectivity index (χ4n) is 3.18. The standard InChI is InChI=1S/C15H25N3/c1-3-6-15(7-10-17-12-15)13-18(2)11-14-4-8-16-9-5-14/h4-5,8-9,17H,3,6-7,10-13H2,1-2H3. The molecule has 1 aliphatic rings. The fourth-order valence-corrected chi connectivity index (χ4v) is 3.18. The molecule has 2 rings (SSSR count). The van der Waals surface area contributed by atoms with E-state index in [-0.39, 0.29) is 0 Å². The van der Waals surface area contributed by atoms with Gasteiger partial charge in [0.2, 0.25) is 0 Å². The topological polar surface area (TPSA) is 28.2 Å². The monoisotopic (exact) mass is 247 g/mol. The van der Waals surface area contributed by atoms with Crippen LogP contribution < -0.4 is 5.32 Å². The Morgan fingerprint density at radius 3 is 2.78 bits per heavy atom. The number of nitrogens with one attached hydrogen (secondary N) is 1. The molecular formula is C15H25N3. The Balaban J connectivity index is 1.91. The maximum Gasteiger partial charge on any atom is 0.0271 e. The van der Waals surface area contributed by atoms with Crippen molar-refractivity contribution in [2.45, 2.75) is 32.7 Å². The van der Waals surface area contributed by atoms with E-state index in [1.165, 1.54) is 44.5 Å². The van der Waals surface area contributed by atoms with Crippen LogP contribution in [-0.2, 0) is 6.54 Å². The number of pyridine rings is 1. The van der Waals surface area contributed by atoms with Gasteiger partial charge in [-0.25, -0.2) is 0 Å². The number of hydrogen-bond donors (Lipinski definition) is 1. The smallest absolute Gasteiger partial charge is 0.0271 e. The Labute approximate surface area is 111 Å². The lowest BCUT2D eigenvalue weighted by atomic mass is 9.82. The summed E-state index contributed by atoms with van der Waals surface area (Å²) in [5.74, 6) is 0. The quantitative estimate of drug-likeness (QED) is 0.836. The second-order valence-electron chi connectivity index (χ2n) is 5.70. The van der Waals surface area contributed by atoms with Gasteiger partial charge in [-0.15, -0.1) is 0 Å². The summed E-state index contributed by atoms with van der Waals surface area (Å²) in [5.41, 5.74) is 1.85. The number of aromatic nitrogens is 1. The first-order chi connectivity index (χ1) is 8.74. The first kappa shape index (κ1) is 13.5. The number of nitrogens with zero attached hydrogens (tertiary/aromatic N) is 2. The molecule has 1 aliphatic heterocycles. The summed E-state index contributed by atoms with van der Waals surface area (Å²) in [6.45, 7) is 6.87. The first-order valence-electron chi connectivity index (χ1n) is 7.02. The van der Waals surface area contributed by atoms with Gasteiger partial charge in [0, 0.05) is 32.0 Å². The molecule has 2 heterocycles. The molecule has 0 spiro atoms. The number of hydrogen-bond acceptors (Lipinski definition) is 3. The minimum atomic E-state index is 0.497. The molecule has 0 radical (unpaired) electrons. The lowest BCUT2D eigenvalue weighted by molar-refractivity contribution is 0.172. The Hall–Kier alpha value is -0.930. The van der Waals surface area contributed by atoms with Crippen LogP contribution in [0.2, 0.25) is 0 Å². The van der Waals surface area contributed by atoms with E-state index in [2.05, 4.69) is 41.3 Å². The lowest BCUT2D eigenvalue weighted by Gasteiger charge is -2.33. The molecule has 18 heavy (non-hydrogen) atoms. The van der Waals surface area contributed by atoms with Crippen molar-refractivity contribution in [1.82, 2.24) is 15.2 Å². The van der Waals surface area contributed by atoms with Crippen LogP contribution in [-0.4, -0.2) is 36.6 Å². The molecular weight excluding hydrogens is 222 g/mol. The molecule has 1 N–H and O–H groups in total. The Morgan fingerprint density at radius 1 is 1.39 bits per heavy atom. The zero-order valence-electron chi connectivity index (χ0n) is 11.7. The van der Waals surface area contributed by atoms with E-state index < -0.39 is 0 Å². The lowest BCUT2D eigenvalue weighted by Crippen LogP contribution is -2.37. The highest BCUT2D eigenvalue weighted by Crippen LogP contribution is 2.32. The third-order valence-corrected chi connectivity index (χ3v) is 3.92. The molecule has 0 saturated carbocycles. The van der Waals surface area contributed by atoms with Gasteiger partial charge in [-0.3, -0.25) is 4.98 Å². The van der Waals surface area contributed by atoms with Gasteiger partial charge in [-0.2, -0.15) is 0 Å². The molecule has 0 bridgehead atoms. The van der Waals surface area contributed by atoms with Crippen molar-refractivity contribution in [3.63, 3.8) is 0 Å². The van der Waals surface area contributed by atoms with Gasteiger partial charge >= 0.3 is 0 Å². The van der Waals surface area contributed by atoms with Gasteiger partial charge in [-0.05, 0) is 49.5 Å². The highest BCUT2D eigenvalue weighted by atomic mass is 15.1. The second-order valence-corrected chi connectivity index (χ2v) is 5.70. The van der Waals surface area contributed by atoms with Gasteiger partial charge < -0.3 is 10.2 Å². The summed E-state index contributed by atoms with van der Waals surface area (Å²) in [5, 5.41) is 3.53. The van der Waals surface area contributed by atoms with Gasteiger partial charge in [0.1, 0.15) is 0 Å². The Bertz CT molecular complexity index is 344. The Kier molecular flexibility index (Phi) is 4.72. The summed E-state index contributed by atoms with van der Waals surface area (Å²) in [6.07, 6.45) is 7.69. The van der Waals surface area contributed by atoms with E-state index >= 15 is 0 Å². The van der Waals surface area contributed by atoms with Crippen molar-refractivity contribution in [3.05, 3.63) is 30.1 Å². The Morgan fingerprint density at radius 2 is 2.17 bits per heavy atom. The van der Waals surface area contributed by atoms with Crippen molar-refractivity contribution in [2.75, 3.05) is 26.7 Å². The van der Waals surface area contributed by atoms with E-state index in [1.54, 1.807) is 0 Å². The van der Waals surface area contributed by atoms with Crippen LogP contribution >= 0.6 is 0 Å². The van der Waals surface area contributed by atoms with Crippen LogP contribution in [0.15, 0.2) is 24.5 Å². The van der Waals surface area contributed by atoms with Gasteiger partial charge in [0.15, 0.2) is 0 Å². The van der Waals surface area contributed by atoms with Crippen LogP contribution in [0.3, 0.4) is 0 Å². The molecule has 100 valence electrons. The largest absolute Gasteiger partial charge is 0.316 e. The molecule has 3 nitrogen and oxygen atoms in total. The van der Waals surface area contributed by atoms with Crippen molar-refractivity contribution in [3.8, 4) is 0 Å². The van der Waals surface area contributed by atoms with E-state index in [4.69, 9.17) is 0 Å². The van der Waals surface area contributed by atoms with E-state index in [0.29, 0.717) is 5.41 Å². The predicted molar refractivity (Wildman–Crippen MR) is 75.4 cm³/mol. The van der Waals surface area contributed by atoms with Crippen LogP contribution in [0, 0.1) is 5.41 Å². The maximum absolute atomic E-state index is 4.07. The van der Waals surface area contributed by atoms with Crippen molar-refractivity contribution >= 4 is 0 Å². The normalized spacial score (nSPS) is 23.7. The van der Waals surface area contributed by atoms with Crippen LogP contribution in [0.4, 0.5) is 0 Å². The molecule has 1 aromatic heterocycles. The first-order valence-corrected chi connectivity index (χ1v) is 7.02. The summed E-state index contributed by atoms with van der Waals surface area (Å²) in [4.78, 5) is 6.53. The van der Waals surface area contributed by atoms with Crippen LogP contribution in [0.5, 0.6) is 0 Å². The average molecular weight is 247 g/mol. The van der Waals surface area contributed by atoms with Crippen LogP contribution in [0.1, 0.15) is 31.7 Å². The van der Waals surface area contributed by atoms with Crippen molar-refractivity contribution < 1.29 is 0 Å². The minimum absolute atomic E-state index is 0.497. The summed E-state index contributed by atoms with van der Waals surface area (Å²) >= 11 is 0. The summed E-state index contributed by atoms with van der Waals surface area (Å²) < 4.78 is 0. The molecule has 0 aliphatic carbocycles. The van der Waals surface area contributed by atoms with E-state index in [0.717, 1.165) is 6.54 Å². The zero-order chi connectivity index (χ0) is 12.8. The molecule has 3 heteroatoms. The van der Waals surface area contributed by atoms with Crippen molar-refractivity contribution in [1.29, 1.82) is 0 Å². The van der Waals surface area contributed by atoms with E-state index in [1.807, 2.05) is 12.4 Å². The third-order valence-electron chi connectivity index (χ3n) is 3.92.